The van der Waals surface area contributed by atoms with Gasteiger partial charge in [-0.05, 0) is 62.2 Å². The summed E-state index contributed by atoms with van der Waals surface area (Å²) in [6, 6.07) is 11.6. The van der Waals surface area contributed by atoms with E-state index < -0.39 is 21.9 Å². The van der Waals surface area contributed by atoms with Crippen LogP contribution in [0.25, 0.3) is 0 Å². The maximum Gasteiger partial charge on any atom is 0.238 e. The fraction of sp³-hybridized carbons (Fsp3) is 0.190. The smallest absolute Gasteiger partial charge is 0.238 e. The Balaban J connectivity index is 1.83. The van der Waals surface area contributed by atoms with Crippen LogP contribution >= 0.6 is 0 Å². The van der Waals surface area contributed by atoms with Gasteiger partial charge in [-0.1, -0.05) is 6.07 Å². The summed E-state index contributed by atoms with van der Waals surface area (Å²) in [5, 5.41) is 19.8. The largest absolute Gasteiger partial charge is 0.476 e. The van der Waals surface area contributed by atoms with Gasteiger partial charge in [-0.2, -0.15) is 10.2 Å². The molecule has 0 saturated carbocycles. The van der Waals surface area contributed by atoms with Crippen molar-refractivity contribution >= 4 is 33.2 Å². The molecule has 0 saturated heterocycles. The lowest BCUT2D eigenvalue weighted by molar-refractivity contribution is 0.274. The van der Waals surface area contributed by atoms with Crippen molar-refractivity contribution in [1.29, 1.82) is 5.26 Å². The number of hydrogen-bond acceptors (Lipinski definition) is 8. The van der Waals surface area contributed by atoms with Gasteiger partial charge in [0.2, 0.25) is 16.0 Å². The van der Waals surface area contributed by atoms with E-state index in [-0.39, 0.29) is 16.7 Å². The Morgan fingerprint density at radius 1 is 1.12 bits per heavy atom. The molecule has 9 nitrogen and oxygen atoms in total. The Hall–Kier alpha value is -3.75. The second-order valence-electron chi connectivity index (χ2n) is 7.03. The first-order chi connectivity index (χ1) is 15.1. The summed E-state index contributed by atoms with van der Waals surface area (Å²) in [7, 11) is -3.90. The molecular weight excluding hydrogens is 435 g/mol. The number of nitrogens with zero attached hydrogens (tertiary/aromatic N) is 3. The Bertz CT molecular complexity index is 1310. The molecule has 2 aromatic carbocycles. The molecule has 1 aromatic heterocycles. The standard InChI is InChI=1S/C21H21FN6O3S/c1-12-4-5-16(9-19(12)32(24,29)30)27-21-25-11-17(22)20(28-21)26-15-6-7-18(13(2)8-15)31-14(3)10-23/h4-9,11,14H,1-3H3,(H2,24,29,30)(H2,25,26,27,28). The molecule has 1 heterocycles. The summed E-state index contributed by atoms with van der Waals surface area (Å²) in [6.45, 7) is 5.06. The highest BCUT2D eigenvalue weighted by Gasteiger charge is 2.14. The number of sulfonamides is 1. The third kappa shape index (κ3) is 5.48. The molecule has 0 aliphatic heterocycles. The molecule has 1 unspecified atom stereocenters. The van der Waals surface area contributed by atoms with E-state index in [1.54, 1.807) is 51.1 Å². The minimum atomic E-state index is -3.90. The maximum atomic E-state index is 14.3. The molecule has 4 N–H and O–H groups in total. The number of benzene rings is 2. The molecule has 1 atom stereocenters. The van der Waals surface area contributed by atoms with Crippen molar-refractivity contribution in [1.82, 2.24) is 9.97 Å². The summed E-state index contributed by atoms with van der Waals surface area (Å²) >= 11 is 0. The van der Waals surface area contributed by atoms with E-state index in [4.69, 9.17) is 15.1 Å². The van der Waals surface area contributed by atoms with E-state index in [9.17, 15) is 12.8 Å². The van der Waals surface area contributed by atoms with Crippen LogP contribution < -0.4 is 20.5 Å². The first kappa shape index (κ1) is 22.9. The number of anilines is 4. The zero-order valence-corrected chi connectivity index (χ0v) is 18.4. The Labute approximate surface area is 185 Å². The number of nitriles is 1. The number of halogens is 1. The minimum Gasteiger partial charge on any atom is -0.476 e. The van der Waals surface area contributed by atoms with Crippen LogP contribution in [-0.4, -0.2) is 24.5 Å². The number of rotatable bonds is 7. The molecule has 32 heavy (non-hydrogen) atoms. The van der Waals surface area contributed by atoms with Gasteiger partial charge in [0.15, 0.2) is 17.7 Å². The molecule has 166 valence electrons. The second kappa shape index (κ2) is 9.17. The summed E-state index contributed by atoms with van der Waals surface area (Å²) in [6.07, 6.45) is 0.391. The van der Waals surface area contributed by atoms with Gasteiger partial charge in [-0.3, -0.25) is 0 Å². The van der Waals surface area contributed by atoms with Crippen molar-refractivity contribution in [2.45, 2.75) is 31.8 Å². The van der Waals surface area contributed by atoms with Crippen molar-refractivity contribution in [2.75, 3.05) is 10.6 Å². The van der Waals surface area contributed by atoms with Gasteiger partial charge in [-0.15, -0.1) is 0 Å². The van der Waals surface area contributed by atoms with Gasteiger partial charge in [0.25, 0.3) is 0 Å². The van der Waals surface area contributed by atoms with Gasteiger partial charge in [-0.25, -0.2) is 22.9 Å². The molecular formula is C21H21FN6O3S. The van der Waals surface area contributed by atoms with Crippen molar-refractivity contribution in [2.24, 2.45) is 5.14 Å². The van der Waals surface area contributed by atoms with Crippen LogP contribution in [0.15, 0.2) is 47.5 Å². The lowest BCUT2D eigenvalue weighted by Gasteiger charge is -2.14. The molecule has 0 radical (unpaired) electrons. The summed E-state index contributed by atoms with van der Waals surface area (Å²) in [5.74, 6) is -0.168. The normalized spacial score (nSPS) is 12.0. The van der Waals surface area contributed by atoms with Gasteiger partial charge in [0.1, 0.15) is 11.8 Å². The number of aryl methyl sites for hydroxylation is 2. The number of ether oxygens (including phenoxy) is 1. The molecule has 3 rings (SSSR count). The van der Waals surface area contributed by atoms with Gasteiger partial charge >= 0.3 is 0 Å². The summed E-state index contributed by atoms with van der Waals surface area (Å²) in [5.41, 5.74) is 2.17. The van der Waals surface area contributed by atoms with Crippen molar-refractivity contribution < 1.29 is 17.5 Å². The highest BCUT2D eigenvalue weighted by molar-refractivity contribution is 7.89. The van der Waals surface area contributed by atoms with E-state index in [1.165, 1.54) is 6.07 Å². The Kier molecular flexibility index (Phi) is 6.57. The zero-order chi connectivity index (χ0) is 23.5. The van der Waals surface area contributed by atoms with Crippen LogP contribution in [-0.2, 0) is 10.0 Å². The molecule has 3 aromatic rings. The molecule has 0 aliphatic carbocycles. The van der Waals surface area contributed by atoms with Gasteiger partial charge in [0.05, 0.1) is 11.1 Å². The zero-order valence-electron chi connectivity index (χ0n) is 17.5. The number of aromatic nitrogens is 2. The fourth-order valence-corrected chi connectivity index (χ4v) is 3.65. The van der Waals surface area contributed by atoms with E-state index in [0.29, 0.717) is 22.7 Å². The van der Waals surface area contributed by atoms with Crippen LogP contribution in [0, 0.1) is 31.0 Å². The molecule has 0 amide bonds. The first-order valence-corrected chi connectivity index (χ1v) is 11.0. The van der Waals surface area contributed by atoms with Crippen molar-refractivity contribution in [3.8, 4) is 11.8 Å². The van der Waals surface area contributed by atoms with Crippen LogP contribution in [0.1, 0.15) is 18.1 Å². The average Bonchev–Trinajstić information content (AvgIpc) is 2.73. The highest BCUT2D eigenvalue weighted by Crippen LogP contribution is 2.27. The molecule has 0 bridgehead atoms. The fourth-order valence-electron chi connectivity index (χ4n) is 2.84. The summed E-state index contributed by atoms with van der Waals surface area (Å²) in [4.78, 5) is 7.99. The lowest BCUT2D eigenvalue weighted by Crippen LogP contribution is -2.14. The molecule has 0 fully saturated rings. The maximum absolute atomic E-state index is 14.3. The van der Waals surface area contributed by atoms with Gasteiger partial charge in [0, 0.05) is 11.4 Å². The van der Waals surface area contributed by atoms with Crippen LogP contribution in [0.3, 0.4) is 0 Å². The van der Waals surface area contributed by atoms with E-state index in [1.807, 2.05) is 6.07 Å². The SMILES string of the molecule is Cc1cc(Nc2nc(Nc3ccc(C)c(S(N)(=O)=O)c3)ncc2F)ccc1OC(C)C#N. The minimum absolute atomic E-state index is 0.0357. The third-order valence-electron chi connectivity index (χ3n) is 4.42. The first-order valence-electron chi connectivity index (χ1n) is 9.44. The number of primary sulfonamides is 1. The van der Waals surface area contributed by atoms with Gasteiger partial charge < -0.3 is 15.4 Å². The van der Waals surface area contributed by atoms with E-state index in [2.05, 4.69) is 20.6 Å². The predicted octanol–water partition coefficient (Wildman–Crippen LogP) is 3.66. The highest BCUT2D eigenvalue weighted by atomic mass is 32.2. The topological polar surface area (TPSA) is 143 Å². The van der Waals surface area contributed by atoms with E-state index in [0.717, 1.165) is 11.8 Å². The van der Waals surface area contributed by atoms with Crippen LogP contribution in [0.5, 0.6) is 5.75 Å². The number of nitrogens with two attached hydrogens (primary N) is 1. The van der Waals surface area contributed by atoms with Crippen LogP contribution in [0.2, 0.25) is 0 Å². The number of hydrogen-bond donors (Lipinski definition) is 3. The predicted molar refractivity (Wildman–Crippen MR) is 118 cm³/mol. The van der Waals surface area contributed by atoms with Crippen LogP contribution in [0.4, 0.5) is 27.5 Å². The molecule has 0 spiro atoms. The Morgan fingerprint density at radius 2 is 1.81 bits per heavy atom. The van der Waals surface area contributed by atoms with Crippen molar-refractivity contribution in [3.63, 3.8) is 0 Å². The van der Waals surface area contributed by atoms with E-state index >= 15 is 0 Å². The Morgan fingerprint density at radius 3 is 2.47 bits per heavy atom. The van der Waals surface area contributed by atoms with Crippen molar-refractivity contribution in [3.05, 3.63) is 59.5 Å². The average molecular weight is 457 g/mol. The molecule has 11 heteroatoms. The quantitative estimate of drug-likeness (QED) is 0.489. The number of nitrogens with one attached hydrogen (secondary N) is 2. The summed E-state index contributed by atoms with van der Waals surface area (Å²) < 4.78 is 43.2. The lowest BCUT2D eigenvalue weighted by atomic mass is 10.2. The monoisotopic (exact) mass is 456 g/mol. The molecule has 0 aliphatic rings. The third-order valence-corrected chi connectivity index (χ3v) is 5.47. The second-order valence-corrected chi connectivity index (χ2v) is 8.56.